The minimum atomic E-state index is -0.0146. The number of hydrogen-bond donors (Lipinski definition) is 2. The van der Waals surface area contributed by atoms with Gasteiger partial charge < -0.3 is 20.1 Å². The van der Waals surface area contributed by atoms with E-state index in [9.17, 15) is 5.11 Å². The molecule has 1 aromatic heterocycles. The highest BCUT2D eigenvalue weighted by atomic mass is 16.5. The number of hydrogen-bond acceptors (Lipinski definition) is 4. The summed E-state index contributed by atoms with van der Waals surface area (Å²) in [5.74, 6) is 1.23. The van der Waals surface area contributed by atoms with Crippen LogP contribution in [0.1, 0.15) is 48.1 Å². The smallest absolute Gasteiger partial charge is 0.194 e. The lowest BCUT2D eigenvalue weighted by atomic mass is 9.88. The molecular weight excluding hydrogens is 366 g/mol. The van der Waals surface area contributed by atoms with Gasteiger partial charge in [-0.1, -0.05) is 6.07 Å². The molecule has 0 saturated carbocycles. The van der Waals surface area contributed by atoms with Gasteiger partial charge in [-0.15, -0.1) is 0 Å². The Morgan fingerprint density at radius 1 is 1.34 bits per heavy atom. The lowest BCUT2D eigenvalue weighted by Crippen LogP contribution is -2.48. The zero-order valence-electron chi connectivity index (χ0n) is 17.4. The topological polar surface area (TPSA) is 74.9 Å². The molecule has 1 unspecified atom stereocenters. The summed E-state index contributed by atoms with van der Waals surface area (Å²) in [5, 5.41) is 18.2. The number of fused-ring (bicyclic) bond motifs is 1. The molecule has 1 atom stereocenters. The molecule has 1 aliphatic carbocycles. The number of nitrogens with one attached hydrogen (secondary N) is 1. The highest BCUT2D eigenvalue weighted by Crippen LogP contribution is 2.31. The molecular formula is C22H31N5O2. The van der Waals surface area contributed by atoms with Crippen LogP contribution in [0.5, 0.6) is 5.75 Å². The Balaban J connectivity index is 1.54. The Kier molecular flexibility index (Phi) is 6.04. The van der Waals surface area contributed by atoms with Gasteiger partial charge in [0.25, 0.3) is 0 Å². The number of ether oxygens (including phenoxy) is 1. The molecule has 0 radical (unpaired) electrons. The van der Waals surface area contributed by atoms with Crippen LogP contribution in [0.2, 0.25) is 0 Å². The average Bonchev–Trinajstić information content (AvgIpc) is 3.18. The maximum Gasteiger partial charge on any atom is 0.194 e. The number of phenols is 1. The molecule has 0 bridgehead atoms. The second-order valence-electron chi connectivity index (χ2n) is 7.83. The SMILES string of the molecule is CCNC(=NCc1c(O)ccc2c1CCCC2)N1CCOC(c2cnn(C)c2)C1. The van der Waals surface area contributed by atoms with Crippen LogP contribution in [0.25, 0.3) is 0 Å². The number of morpholine rings is 1. The quantitative estimate of drug-likeness (QED) is 0.613. The Morgan fingerprint density at radius 3 is 3.00 bits per heavy atom. The van der Waals surface area contributed by atoms with Gasteiger partial charge in [-0.05, 0) is 49.8 Å². The van der Waals surface area contributed by atoms with E-state index in [4.69, 9.17) is 9.73 Å². The van der Waals surface area contributed by atoms with Gasteiger partial charge in [0.2, 0.25) is 0 Å². The van der Waals surface area contributed by atoms with Crippen molar-refractivity contribution in [2.75, 3.05) is 26.2 Å². The molecule has 2 aliphatic rings. The maximum absolute atomic E-state index is 10.5. The van der Waals surface area contributed by atoms with Crippen LogP contribution in [-0.2, 0) is 31.2 Å². The monoisotopic (exact) mass is 397 g/mol. The number of aromatic hydroxyl groups is 1. The molecule has 0 spiro atoms. The number of aryl methyl sites for hydroxylation is 2. The van der Waals surface area contributed by atoms with Crippen molar-refractivity contribution in [1.82, 2.24) is 20.0 Å². The lowest BCUT2D eigenvalue weighted by molar-refractivity contribution is -0.00805. The largest absolute Gasteiger partial charge is 0.508 e. The first-order chi connectivity index (χ1) is 14.2. The zero-order chi connectivity index (χ0) is 20.2. The van der Waals surface area contributed by atoms with Crippen molar-refractivity contribution in [3.63, 3.8) is 0 Å². The van der Waals surface area contributed by atoms with E-state index in [2.05, 4.69) is 28.3 Å². The van der Waals surface area contributed by atoms with Gasteiger partial charge in [0.15, 0.2) is 5.96 Å². The van der Waals surface area contributed by atoms with Crippen molar-refractivity contribution in [3.8, 4) is 5.75 Å². The number of guanidine groups is 1. The normalized spacial score (nSPS) is 19.9. The van der Waals surface area contributed by atoms with Gasteiger partial charge in [-0.25, -0.2) is 4.99 Å². The summed E-state index contributed by atoms with van der Waals surface area (Å²) in [6.07, 6.45) is 8.41. The van der Waals surface area contributed by atoms with Crippen LogP contribution in [0.3, 0.4) is 0 Å². The van der Waals surface area contributed by atoms with Gasteiger partial charge in [-0.3, -0.25) is 4.68 Å². The third-order valence-electron chi connectivity index (χ3n) is 5.81. The second-order valence-corrected chi connectivity index (χ2v) is 7.83. The third-order valence-corrected chi connectivity index (χ3v) is 5.81. The summed E-state index contributed by atoms with van der Waals surface area (Å²) >= 11 is 0. The van der Waals surface area contributed by atoms with E-state index in [1.807, 2.05) is 25.5 Å². The van der Waals surface area contributed by atoms with Crippen LogP contribution in [0.15, 0.2) is 29.5 Å². The number of aromatic nitrogens is 2. The van der Waals surface area contributed by atoms with Gasteiger partial charge >= 0.3 is 0 Å². The number of aliphatic imine (C=N–C) groups is 1. The predicted octanol–water partition coefficient (Wildman–Crippen LogP) is 2.54. The first-order valence-electron chi connectivity index (χ1n) is 10.6. The third kappa shape index (κ3) is 4.40. The Hall–Kier alpha value is -2.54. The summed E-state index contributed by atoms with van der Waals surface area (Å²) in [4.78, 5) is 7.15. The molecule has 1 aromatic carbocycles. The molecule has 4 rings (SSSR count). The van der Waals surface area contributed by atoms with Gasteiger partial charge in [0.1, 0.15) is 11.9 Å². The van der Waals surface area contributed by atoms with E-state index < -0.39 is 0 Å². The molecule has 2 N–H and O–H groups in total. The fourth-order valence-electron chi connectivity index (χ4n) is 4.30. The predicted molar refractivity (Wildman–Crippen MR) is 113 cm³/mol. The van der Waals surface area contributed by atoms with Crippen LogP contribution in [0, 0.1) is 0 Å². The zero-order valence-corrected chi connectivity index (χ0v) is 17.4. The molecule has 2 heterocycles. The van der Waals surface area contributed by atoms with E-state index in [-0.39, 0.29) is 6.10 Å². The highest BCUT2D eigenvalue weighted by Gasteiger charge is 2.25. The average molecular weight is 398 g/mol. The van der Waals surface area contributed by atoms with Gasteiger partial charge in [-0.2, -0.15) is 5.10 Å². The van der Waals surface area contributed by atoms with Gasteiger partial charge in [0.05, 0.1) is 25.9 Å². The maximum atomic E-state index is 10.5. The number of phenolic OH excluding ortho intramolecular Hbond substituents is 1. The van der Waals surface area contributed by atoms with Crippen molar-refractivity contribution >= 4 is 5.96 Å². The van der Waals surface area contributed by atoms with E-state index in [1.54, 1.807) is 4.68 Å². The Labute approximate surface area is 172 Å². The lowest BCUT2D eigenvalue weighted by Gasteiger charge is -2.35. The molecule has 156 valence electrons. The molecule has 1 fully saturated rings. The first kappa shape index (κ1) is 19.8. The Bertz CT molecular complexity index is 876. The van der Waals surface area contributed by atoms with E-state index in [1.165, 1.54) is 24.0 Å². The summed E-state index contributed by atoms with van der Waals surface area (Å²) in [6, 6.07) is 3.90. The summed E-state index contributed by atoms with van der Waals surface area (Å²) in [5.41, 5.74) is 4.73. The van der Waals surface area contributed by atoms with E-state index in [0.29, 0.717) is 18.9 Å². The van der Waals surface area contributed by atoms with Crippen molar-refractivity contribution in [2.24, 2.45) is 12.0 Å². The van der Waals surface area contributed by atoms with Crippen molar-refractivity contribution in [2.45, 2.75) is 45.3 Å². The van der Waals surface area contributed by atoms with Gasteiger partial charge in [0, 0.05) is 37.5 Å². The second kappa shape index (κ2) is 8.86. The molecule has 1 saturated heterocycles. The van der Waals surface area contributed by atoms with Crippen LogP contribution in [0.4, 0.5) is 0 Å². The fraction of sp³-hybridized carbons (Fsp3) is 0.545. The van der Waals surface area contributed by atoms with Crippen molar-refractivity contribution in [3.05, 3.63) is 46.8 Å². The number of rotatable bonds is 4. The highest BCUT2D eigenvalue weighted by molar-refractivity contribution is 5.80. The number of benzene rings is 1. The van der Waals surface area contributed by atoms with Crippen LogP contribution in [-0.4, -0.2) is 52.0 Å². The summed E-state index contributed by atoms with van der Waals surface area (Å²) in [6.45, 7) is 5.54. The fourth-order valence-corrected chi connectivity index (χ4v) is 4.30. The van der Waals surface area contributed by atoms with E-state index in [0.717, 1.165) is 49.6 Å². The summed E-state index contributed by atoms with van der Waals surface area (Å²) < 4.78 is 7.78. The molecule has 2 aromatic rings. The van der Waals surface area contributed by atoms with Crippen LogP contribution < -0.4 is 5.32 Å². The number of nitrogens with zero attached hydrogens (tertiary/aromatic N) is 4. The molecule has 0 amide bonds. The first-order valence-corrected chi connectivity index (χ1v) is 10.6. The summed E-state index contributed by atoms with van der Waals surface area (Å²) in [7, 11) is 1.92. The molecule has 7 nitrogen and oxygen atoms in total. The Morgan fingerprint density at radius 2 is 2.21 bits per heavy atom. The molecule has 29 heavy (non-hydrogen) atoms. The minimum absolute atomic E-state index is 0.0146. The van der Waals surface area contributed by atoms with E-state index >= 15 is 0 Å². The van der Waals surface area contributed by atoms with Crippen molar-refractivity contribution < 1.29 is 9.84 Å². The van der Waals surface area contributed by atoms with Crippen LogP contribution >= 0.6 is 0 Å². The molecule has 1 aliphatic heterocycles. The minimum Gasteiger partial charge on any atom is -0.508 e. The standard InChI is InChI=1S/C22H31N5O2/c1-3-23-22(27-10-11-29-21(15-27)17-12-25-26(2)14-17)24-13-19-18-7-5-4-6-16(18)8-9-20(19)28/h8-9,12,14,21,28H,3-7,10-11,13,15H2,1-2H3,(H,23,24). The molecule has 7 heteroatoms. The van der Waals surface area contributed by atoms with Crippen molar-refractivity contribution in [1.29, 1.82) is 0 Å².